The first-order chi connectivity index (χ1) is 16.1. The lowest BCUT2D eigenvalue weighted by atomic mass is 10.2. The average Bonchev–Trinajstić information content (AvgIpc) is 3.25. The van der Waals surface area contributed by atoms with Crippen LogP contribution >= 0.6 is 11.8 Å². The molecule has 0 atom stereocenters. The molecule has 33 heavy (non-hydrogen) atoms. The number of ether oxygens (including phenoxy) is 1. The summed E-state index contributed by atoms with van der Waals surface area (Å²) in [5.74, 6) is 1.53. The van der Waals surface area contributed by atoms with Crippen molar-refractivity contribution < 1.29 is 9.53 Å². The molecule has 0 aliphatic carbocycles. The molecule has 0 unspecified atom stereocenters. The maximum Gasteiger partial charge on any atom is 0.251 e. The normalized spacial score (nSPS) is 11.1. The predicted molar refractivity (Wildman–Crippen MR) is 133 cm³/mol. The van der Waals surface area contributed by atoms with Crippen LogP contribution in [-0.2, 0) is 12.3 Å². The maximum absolute atomic E-state index is 12.5. The molecule has 0 radical (unpaired) electrons. The van der Waals surface area contributed by atoms with Crippen molar-refractivity contribution in [2.45, 2.75) is 17.2 Å². The average molecular weight is 461 g/mol. The third-order valence-corrected chi connectivity index (χ3v) is 6.15. The molecule has 4 rings (SSSR count). The van der Waals surface area contributed by atoms with Crippen molar-refractivity contribution in [2.75, 3.05) is 27.2 Å². The number of nitrogens with zero attached hydrogens (tertiary/aromatic N) is 3. The number of imidazole rings is 1. The van der Waals surface area contributed by atoms with Gasteiger partial charge >= 0.3 is 0 Å². The molecular formula is C26H28N4O2S. The van der Waals surface area contributed by atoms with E-state index in [9.17, 15) is 4.79 Å². The van der Waals surface area contributed by atoms with Gasteiger partial charge in [0.05, 0.1) is 5.69 Å². The van der Waals surface area contributed by atoms with Crippen molar-refractivity contribution in [3.05, 3.63) is 95.9 Å². The standard InChI is InChI=1S/C26H28N4O2S/c1-29(2)15-16-32-23-10-6-20(7-11-23)17-27-26(31)21-8-12-24(13-9-21)33-19-22-18-30-14-4-3-5-25(30)28-22/h3-14,18H,15-17,19H2,1-2H3,(H,27,31). The molecule has 2 heterocycles. The van der Waals surface area contributed by atoms with Gasteiger partial charge in [0.15, 0.2) is 0 Å². The van der Waals surface area contributed by atoms with Crippen molar-refractivity contribution >= 4 is 23.3 Å². The Bertz CT molecular complexity index is 1150. The Labute approximate surface area is 198 Å². The number of hydrogen-bond donors (Lipinski definition) is 1. The molecule has 0 bridgehead atoms. The first kappa shape index (κ1) is 22.9. The van der Waals surface area contributed by atoms with Crippen LogP contribution in [0.2, 0.25) is 0 Å². The van der Waals surface area contributed by atoms with Gasteiger partial charge in [-0.15, -0.1) is 11.8 Å². The zero-order valence-electron chi connectivity index (χ0n) is 18.9. The number of hydrogen-bond acceptors (Lipinski definition) is 5. The Morgan fingerprint density at radius 2 is 1.85 bits per heavy atom. The predicted octanol–water partition coefficient (Wildman–Crippen LogP) is 4.50. The third kappa shape index (κ3) is 6.60. The molecule has 7 heteroatoms. The lowest BCUT2D eigenvalue weighted by Gasteiger charge is -2.11. The van der Waals surface area contributed by atoms with Gasteiger partial charge < -0.3 is 19.4 Å². The molecule has 0 aliphatic rings. The van der Waals surface area contributed by atoms with E-state index in [2.05, 4.69) is 15.2 Å². The van der Waals surface area contributed by atoms with E-state index in [1.165, 1.54) is 0 Å². The van der Waals surface area contributed by atoms with E-state index < -0.39 is 0 Å². The molecule has 0 spiro atoms. The minimum atomic E-state index is -0.0850. The van der Waals surface area contributed by atoms with Crippen LogP contribution in [-0.4, -0.2) is 47.4 Å². The topological polar surface area (TPSA) is 58.9 Å². The minimum absolute atomic E-state index is 0.0850. The van der Waals surface area contributed by atoms with Crippen molar-refractivity contribution in [3.8, 4) is 5.75 Å². The fraction of sp³-hybridized carbons (Fsp3) is 0.231. The number of carbonyl (C=O) groups is 1. The summed E-state index contributed by atoms with van der Waals surface area (Å²) < 4.78 is 7.73. The zero-order chi connectivity index (χ0) is 23.0. The van der Waals surface area contributed by atoms with Gasteiger partial charge in [0.2, 0.25) is 0 Å². The van der Waals surface area contributed by atoms with Crippen LogP contribution in [0, 0.1) is 0 Å². The highest BCUT2D eigenvalue weighted by Gasteiger charge is 2.07. The lowest BCUT2D eigenvalue weighted by molar-refractivity contribution is 0.0951. The van der Waals surface area contributed by atoms with Gasteiger partial charge in [0.25, 0.3) is 5.91 Å². The highest BCUT2D eigenvalue weighted by Crippen LogP contribution is 2.23. The smallest absolute Gasteiger partial charge is 0.251 e. The SMILES string of the molecule is CN(C)CCOc1ccc(CNC(=O)c2ccc(SCc3cn4ccccc4n3)cc2)cc1. The molecule has 0 saturated carbocycles. The summed E-state index contributed by atoms with van der Waals surface area (Å²) in [4.78, 5) is 20.3. The number of likely N-dealkylation sites (N-methyl/N-ethyl adjacent to an activating group) is 1. The lowest BCUT2D eigenvalue weighted by Crippen LogP contribution is -2.22. The first-order valence-corrected chi connectivity index (χ1v) is 11.9. The van der Waals surface area contributed by atoms with Crippen LogP contribution in [0.4, 0.5) is 0 Å². The van der Waals surface area contributed by atoms with Gasteiger partial charge in [-0.1, -0.05) is 18.2 Å². The monoisotopic (exact) mass is 460 g/mol. The number of fused-ring (bicyclic) bond motifs is 1. The number of benzene rings is 2. The zero-order valence-corrected chi connectivity index (χ0v) is 19.7. The summed E-state index contributed by atoms with van der Waals surface area (Å²) in [5.41, 5.74) is 3.66. The van der Waals surface area contributed by atoms with Crippen molar-refractivity contribution in [1.29, 1.82) is 0 Å². The van der Waals surface area contributed by atoms with Gasteiger partial charge in [-0.25, -0.2) is 4.98 Å². The summed E-state index contributed by atoms with van der Waals surface area (Å²) in [5, 5.41) is 2.98. The van der Waals surface area contributed by atoms with Gasteiger partial charge in [-0.2, -0.15) is 0 Å². The largest absolute Gasteiger partial charge is 0.492 e. The Hall–Kier alpha value is -3.29. The number of thioether (sulfide) groups is 1. The highest BCUT2D eigenvalue weighted by molar-refractivity contribution is 7.98. The van der Waals surface area contributed by atoms with Gasteiger partial charge in [0, 0.05) is 41.7 Å². The highest BCUT2D eigenvalue weighted by atomic mass is 32.2. The molecule has 6 nitrogen and oxygen atoms in total. The molecule has 1 amide bonds. The second-order valence-electron chi connectivity index (χ2n) is 7.99. The van der Waals surface area contributed by atoms with Crippen LogP contribution in [0.5, 0.6) is 5.75 Å². The van der Waals surface area contributed by atoms with Gasteiger partial charge in [-0.05, 0) is 68.2 Å². The summed E-state index contributed by atoms with van der Waals surface area (Å²) in [6.07, 6.45) is 4.05. The fourth-order valence-corrected chi connectivity index (χ4v) is 4.03. The Balaban J connectivity index is 1.24. The van der Waals surface area contributed by atoms with Crippen LogP contribution < -0.4 is 10.1 Å². The van der Waals surface area contributed by atoms with Crippen LogP contribution in [0.15, 0.2) is 84.0 Å². The van der Waals surface area contributed by atoms with E-state index in [4.69, 9.17) is 4.74 Å². The number of carbonyl (C=O) groups excluding carboxylic acids is 1. The number of rotatable bonds is 10. The summed E-state index contributed by atoms with van der Waals surface area (Å²) >= 11 is 1.71. The molecule has 0 aliphatic heterocycles. The Morgan fingerprint density at radius 3 is 2.58 bits per heavy atom. The van der Waals surface area contributed by atoms with E-state index in [1.807, 2.05) is 97.6 Å². The van der Waals surface area contributed by atoms with E-state index >= 15 is 0 Å². The van der Waals surface area contributed by atoms with Crippen molar-refractivity contribution in [3.63, 3.8) is 0 Å². The maximum atomic E-state index is 12.5. The molecular weight excluding hydrogens is 432 g/mol. The van der Waals surface area contributed by atoms with E-state index in [1.54, 1.807) is 11.8 Å². The van der Waals surface area contributed by atoms with E-state index in [-0.39, 0.29) is 5.91 Å². The Morgan fingerprint density at radius 1 is 1.06 bits per heavy atom. The quantitative estimate of drug-likeness (QED) is 0.353. The van der Waals surface area contributed by atoms with Crippen molar-refractivity contribution in [2.24, 2.45) is 0 Å². The molecule has 2 aromatic heterocycles. The number of amides is 1. The van der Waals surface area contributed by atoms with Crippen LogP contribution in [0.1, 0.15) is 21.6 Å². The van der Waals surface area contributed by atoms with Crippen LogP contribution in [0.3, 0.4) is 0 Å². The number of aromatic nitrogens is 2. The molecule has 4 aromatic rings. The van der Waals surface area contributed by atoms with Gasteiger partial charge in [-0.3, -0.25) is 4.79 Å². The molecule has 170 valence electrons. The second-order valence-corrected chi connectivity index (χ2v) is 9.04. The molecule has 0 fully saturated rings. The summed E-state index contributed by atoms with van der Waals surface area (Å²) in [7, 11) is 4.04. The summed E-state index contributed by atoms with van der Waals surface area (Å²) in [6, 6.07) is 21.5. The molecule has 2 aromatic carbocycles. The molecule has 0 saturated heterocycles. The van der Waals surface area contributed by atoms with Gasteiger partial charge in [0.1, 0.15) is 18.0 Å². The van der Waals surface area contributed by atoms with Crippen LogP contribution in [0.25, 0.3) is 5.65 Å². The van der Waals surface area contributed by atoms with Crippen molar-refractivity contribution in [1.82, 2.24) is 19.6 Å². The van der Waals surface area contributed by atoms with E-state index in [0.717, 1.165) is 39.8 Å². The molecule has 1 N–H and O–H groups in total. The third-order valence-electron chi connectivity index (χ3n) is 5.10. The number of pyridine rings is 1. The van der Waals surface area contributed by atoms with E-state index in [0.29, 0.717) is 18.7 Å². The Kier molecular flexibility index (Phi) is 7.65. The minimum Gasteiger partial charge on any atom is -0.492 e. The summed E-state index contributed by atoms with van der Waals surface area (Å²) in [6.45, 7) is 1.99. The number of nitrogens with one attached hydrogen (secondary N) is 1. The first-order valence-electron chi connectivity index (χ1n) is 10.9. The fourth-order valence-electron chi connectivity index (χ4n) is 3.25. The second kappa shape index (κ2) is 11.0.